The van der Waals surface area contributed by atoms with Crippen molar-refractivity contribution < 1.29 is 4.57 Å². The van der Waals surface area contributed by atoms with E-state index in [0.717, 1.165) is 21.6 Å². The van der Waals surface area contributed by atoms with Crippen molar-refractivity contribution in [3.8, 4) is 22.3 Å². The van der Waals surface area contributed by atoms with Crippen molar-refractivity contribution in [2.75, 3.05) is 19.0 Å². The summed E-state index contributed by atoms with van der Waals surface area (Å²) in [5.74, 6) is 0. The van der Waals surface area contributed by atoms with Crippen molar-refractivity contribution in [3.63, 3.8) is 0 Å². The lowest BCUT2D eigenvalue weighted by atomic mass is 9.98. The third kappa shape index (κ3) is 3.73. The minimum atomic E-state index is 0.747. The van der Waals surface area contributed by atoms with E-state index in [4.69, 9.17) is 11.6 Å². The Morgan fingerprint density at radius 3 is 2.32 bits per heavy atom. The van der Waals surface area contributed by atoms with Gasteiger partial charge in [-0.3, -0.25) is 0 Å². The van der Waals surface area contributed by atoms with Gasteiger partial charge < -0.3 is 4.90 Å². The molecule has 0 saturated heterocycles. The quantitative estimate of drug-likeness (QED) is 0.487. The molecule has 0 bridgehead atoms. The van der Waals surface area contributed by atoms with Crippen molar-refractivity contribution >= 4 is 33.2 Å². The van der Waals surface area contributed by atoms with E-state index in [1.165, 1.54) is 22.4 Å². The van der Waals surface area contributed by atoms with E-state index in [0.29, 0.717) is 0 Å². The maximum Gasteiger partial charge on any atom is 0.178 e. The molecule has 2 nitrogen and oxygen atoms in total. The van der Waals surface area contributed by atoms with Gasteiger partial charge in [-0.25, -0.2) is 4.57 Å². The number of rotatable bonds is 4. The fraction of sp³-hybridized carbons (Fsp3) is 0.190. The fourth-order valence-electron chi connectivity index (χ4n) is 3.04. The predicted molar refractivity (Wildman–Crippen MR) is 110 cm³/mol. The second-order valence-corrected chi connectivity index (χ2v) is 7.44. The molecule has 1 aromatic heterocycles. The van der Waals surface area contributed by atoms with Gasteiger partial charge in [0.25, 0.3) is 0 Å². The number of hydrogen-bond donors (Lipinski definition) is 0. The molecule has 0 atom stereocenters. The standard InChI is InChI=1S/C21H21BrClN2/c1-4-25-13-18(15-8-7-9-16(23)12-15)21(24(2)3)19(14-25)17-10-5-6-11-20(17)22/h5-14H,4H2,1-3H3/q+1. The average Bonchev–Trinajstić information content (AvgIpc) is 2.61. The zero-order valence-electron chi connectivity index (χ0n) is 14.6. The molecule has 0 aliphatic carbocycles. The molecule has 4 heteroatoms. The Bertz CT molecular complexity index is 906. The molecular weight excluding hydrogens is 396 g/mol. The Hall–Kier alpha value is -1.84. The van der Waals surface area contributed by atoms with Crippen LogP contribution in [0.15, 0.2) is 65.4 Å². The van der Waals surface area contributed by atoms with Crippen molar-refractivity contribution in [3.05, 3.63) is 70.4 Å². The second-order valence-electron chi connectivity index (χ2n) is 6.15. The Kier molecular flexibility index (Phi) is 5.45. The van der Waals surface area contributed by atoms with Crippen LogP contribution in [0, 0.1) is 0 Å². The molecule has 0 spiro atoms. The number of hydrogen-bond acceptors (Lipinski definition) is 1. The monoisotopic (exact) mass is 415 g/mol. The molecule has 0 radical (unpaired) electrons. The molecule has 3 aromatic rings. The number of benzene rings is 2. The number of halogens is 2. The lowest BCUT2D eigenvalue weighted by molar-refractivity contribution is -0.692. The SMILES string of the molecule is CC[n+]1cc(-c2cccc(Cl)c2)c(N(C)C)c(-c2ccccc2Br)c1. The number of aryl methyl sites for hydroxylation is 1. The Morgan fingerprint density at radius 1 is 0.960 bits per heavy atom. The molecule has 0 saturated carbocycles. The van der Waals surface area contributed by atoms with Crippen LogP contribution in [-0.2, 0) is 6.54 Å². The summed E-state index contributed by atoms with van der Waals surface area (Å²) in [6.07, 6.45) is 4.41. The van der Waals surface area contributed by atoms with Crippen LogP contribution in [0.4, 0.5) is 5.69 Å². The van der Waals surface area contributed by atoms with Crippen molar-refractivity contribution in [1.29, 1.82) is 0 Å². The molecular formula is C21H21BrClN2+. The van der Waals surface area contributed by atoms with Crippen LogP contribution in [0.3, 0.4) is 0 Å². The van der Waals surface area contributed by atoms with Crippen molar-refractivity contribution in [1.82, 2.24) is 0 Å². The van der Waals surface area contributed by atoms with Gasteiger partial charge in [0.05, 0.1) is 16.8 Å². The molecule has 1 heterocycles. The second kappa shape index (κ2) is 7.59. The predicted octanol–water partition coefficient (Wildman–Crippen LogP) is 5.81. The molecule has 3 rings (SSSR count). The minimum absolute atomic E-state index is 0.747. The van der Waals surface area contributed by atoms with Crippen LogP contribution in [0.1, 0.15) is 6.92 Å². The van der Waals surface area contributed by atoms with Crippen LogP contribution in [0.5, 0.6) is 0 Å². The Labute approximate surface area is 162 Å². The van der Waals surface area contributed by atoms with Gasteiger partial charge in [0.2, 0.25) is 0 Å². The molecule has 25 heavy (non-hydrogen) atoms. The van der Waals surface area contributed by atoms with Gasteiger partial charge in [-0.05, 0) is 30.7 Å². The summed E-state index contributed by atoms with van der Waals surface area (Å²) in [4.78, 5) is 2.17. The van der Waals surface area contributed by atoms with Gasteiger partial charge in [0, 0.05) is 29.2 Å². The highest BCUT2D eigenvalue weighted by Crippen LogP contribution is 2.40. The van der Waals surface area contributed by atoms with Gasteiger partial charge in [-0.15, -0.1) is 0 Å². The van der Waals surface area contributed by atoms with E-state index in [9.17, 15) is 0 Å². The first-order valence-electron chi connectivity index (χ1n) is 8.26. The minimum Gasteiger partial charge on any atom is -0.376 e. The third-order valence-electron chi connectivity index (χ3n) is 4.21. The summed E-state index contributed by atoms with van der Waals surface area (Å²) < 4.78 is 3.31. The van der Waals surface area contributed by atoms with Crippen LogP contribution in [0.25, 0.3) is 22.3 Å². The highest BCUT2D eigenvalue weighted by molar-refractivity contribution is 9.10. The maximum atomic E-state index is 6.25. The zero-order chi connectivity index (χ0) is 18.0. The first kappa shape index (κ1) is 18.0. The molecule has 2 aromatic carbocycles. The van der Waals surface area contributed by atoms with Gasteiger partial charge in [0.1, 0.15) is 6.54 Å². The summed E-state index contributed by atoms with van der Waals surface area (Å²) in [6.45, 7) is 3.06. The Morgan fingerprint density at radius 2 is 1.68 bits per heavy atom. The average molecular weight is 417 g/mol. The normalized spacial score (nSPS) is 10.8. The summed E-state index contributed by atoms with van der Waals surface area (Å²) in [7, 11) is 4.17. The van der Waals surface area contributed by atoms with Crippen LogP contribution in [0.2, 0.25) is 5.02 Å². The highest BCUT2D eigenvalue weighted by Gasteiger charge is 2.21. The van der Waals surface area contributed by atoms with E-state index in [1.54, 1.807) is 0 Å². The van der Waals surface area contributed by atoms with Crippen LogP contribution >= 0.6 is 27.5 Å². The maximum absolute atomic E-state index is 6.25. The summed E-state index contributed by atoms with van der Waals surface area (Å²) in [5.41, 5.74) is 5.84. The molecule has 0 fully saturated rings. The molecule has 128 valence electrons. The van der Waals surface area contributed by atoms with E-state index in [1.807, 2.05) is 24.3 Å². The van der Waals surface area contributed by atoms with E-state index in [2.05, 4.69) is 83.1 Å². The lowest BCUT2D eigenvalue weighted by Gasteiger charge is -2.21. The van der Waals surface area contributed by atoms with Gasteiger partial charge in [-0.1, -0.05) is 57.9 Å². The van der Waals surface area contributed by atoms with Gasteiger partial charge in [0.15, 0.2) is 12.4 Å². The fourth-order valence-corrected chi connectivity index (χ4v) is 3.73. The van der Waals surface area contributed by atoms with Crippen LogP contribution in [-0.4, -0.2) is 14.1 Å². The topological polar surface area (TPSA) is 7.12 Å². The summed E-state index contributed by atoms with van der Waals surface area (Å²) in [5, 5.41) is 0.747. The van der Waals surface area contributed by atoms with Crippen molar-refractivity contribution in [2.45, 2.75) is 13.5 Å². The summed E-state index contributed by atoms with van der Waals surface area (Å²) in [6, 6.07) is 16.4. The molecule has 0 amide bonds. The number of aromatic nitrogens is 1. The molecule has 0 aliphatic rings. The molecule has 0 aliphatic heterocycles. The van der Waals surface area contributed by atoms with E-state index in [-0.39, 0.29) is 0 Å². The molecule has 0 N–H and O–H groups in total. The number of nitrogens with zero attached hydrogens (tertiary/aromatic N) is 2. The van der Waals surface area contributed by atoms with Crippen molar-refractivity contribution in [2.24, 2.45) is 0 Å². The Balaban J connectivity index is 2.36. The van der Waals surface area contributed by atoms with E-state index < -0.39 is 0 Å². The third-order valence-corrected chi connectivity index (χ3v) is 5.14. The van der Waals surface area contributed by atoms with Gasteiger partial charge >= 0.3 is 0 Å². The highest BCUT2D eigenvalue weighted by atomic mass is 79.9. The number of pyridine rings is 1. The first-order valence-corrected chi connectivity index (χ1v) is 9.43. The number of anilines is 1. The smallest absolute Gasteiger partial charge is 0.178 e. The van der Waals surface area contributed by atoms with E-state index >= 15 is 0 Å². The largest absolute Gasteiger partial charge is 0.376 e. The summed E-state index contributed by atoms with van der Waals surface area (Å²) >= 11 is 9.96. The first-order chi connectivity index (χ1) is 12.0. The van der Waals surface area contributed by atoms with Crippen LogP contribution < -0.4 is 9.47 Å². The lowest BCUT2D eigenvalue weighted by Crippen LogP contribution is -2.33. The molecule has 0 unspecified atom stereocenters. The van der Waals surface area contributed by atoms with Gasteiger partial charge in [-0.2, -0.15) is 0 Å². The zero-order valence-corrected chi connectivity index (χ0v) is 17.0.